The fourth-order valence-electron chi connectivity index (χ4n) is 2.11. The van der Waals surface area contributed by atoms with Crippen LogP contribution < -0.4 is 16.4 Å². The highest BCUT2D eigenvalue weighted by molar-refractivity contribution is 5.95. The number of urea groups is 1. The van der Waals surface area contributed by atoms with Gasteiger partial charge in [-0.05, 0) is 19.1 Å². The lowest BCUT2D eigenvalue weighted by Crippen LogP contribution is -2.93. The van der Waals surface area contributed by atoms with Gasteiger partial charge < -0.3 is 15.5 Å². The number of nitrogens with one attached hydrogen (secondary N) is 1. The number of primary amides is 1. The quantitative estimate of drug-likeness (QED) is 0.747. The monoisotopic (exact) mass is 288 g/mol. The molecule has 0 unspecified atom stereocenters. The summed E-state index contributed by atoms with van der Waals surface area (Å²) in [7, 11) is 0. The summed E-state index contributed by atoms with van der Waals surface area (Å²) in [6.07, 6.45) is 1.59. The van der Waals surface area contributed by atoms with Crippen molar-refractivity contribution in [2.45, 2.75) is 19.0 Å². The van der Waals surface area contributed by atoms with Gasteiger partial charge in [-0.15, -0.1) is 0 Å². The summed E-state index contributed by atoms with van der Waals surface area (Å²) in [6, 6.07) is 11.8. The third kappa shape index (κ3) is 3.93. The lowest BCUT2D eigenvalue weighted by molar-refractivity contribution is -0.706. The number of furan rings is 1. The predicted molar refractivity (Wildman–Crippen MR) is 76.1 cm³/mol. The second-order valence-electron chi connectivity index (χ2n) is 4.74. The van der Waals surface area contributed by atoms with Crippen LogP contribution in [-0.2, 0) is 4.79 Å². The summed E-state index contributed by atoms with van der Waals surface area (Å²) in [5, 5.41) is 3.91. The number of quaternary nitrogens is 1. The number of hydrogen-bond acceptors (Lipinski definition) is 3. The van der Waals surface area contributed by atoms with Crippen molar-refractivity contribution in [1.29, 1.82) is 0 Å². The zero-order valence-corrected chi connectivity index (χ0v) is 11.7. The van der Waals surface area contributed by atoms with E-state index in [2.05, 4.69) is 5.32 Å². The number of benzene rings is 1. The van der Waals surface area contributed by atoms with E-state index in [0.717, 1.165) is 11.3 Å². The van der Waals surface area contributed by atoms with Crippen LogP contribution in [0.2, 0.25) is 0 Å². The maximum Gasteiger partial charge on any atom is 0.319 e. The van der Waals surface area contributed by atoms with Gasteiger partial charge in [0.25, 0.3) is 5.91 Å². The molecule has 6 nitrogen and oxygen atoms in total. The van der Waals surface area contributed by atoms with Crippen LogP contribution in [-0.4, -0.2) is 18.0 Å². The molecule has 0 aliphatic heterocycles. The van der Waals surface area contributed by atoms with Gasteiger partial charge in [0.15, 0.2) is 17.8 Å². The van der Waals surface area contributed by atoms with E-state index in [1.807, 2.05) is 41.7 Å². The molecule has 6 heteroatoms. The Morgan fingerprint density at radius 1 is 1.19 bits per heavy atom. The Labute approximate surface area is 122 Å². The van der Waals surface area contributed by atoms with Crippen LogP contribution in [0.1, 0.15) is 24.3 Å². The molecule has 0 radical (unpaired) electrons. The second-order valence-corrected chi connectivity index (χ2v) is 4.74. The minimum Gasteiger partial charge on any atom is -0.463 e. The van der Waals surface area contributed by atoms with Crippen molar-refractivity contribution in [2.75, 3.05) is 0 Å². The predicted octanol–water partition coefficient (Wildman–Crippen LogP) is 0.516. The van der Waals surface area contributed by atoms with Gasteiger partial charge in [-0.3, -0.25) is 10.1 Å². The van der Waals surface area contributed by atoms with E-state index in [1.54, 1.807) is 19.3 Å². The Morgan fingerprint density at radius 2 is 1.90 bits per heavy atom. The van der Waals surface area contributed by atoms with Crippen molar-refractivity contribution in [3.05, 3.63) is 60.1 Å². The minimum absolute atomic E-state index is 0.171. The minimum atomic E-state index is -0.852. The fourth-order valence-corrected chi connectivity index (χ4v) is 2.11. The topological polar surface area (TPSA) is 102 Å². The Kier molecular flexibility index (Phi) is 4.73. The number of carbonyl (C=O) groups is 2. The highest BCUT2D eigenvalue weighted by Gasteiger charge is 2.27. The first-order chi connectivity index (χ1) is 10.1. The average Bonchev–Trinajstić information content (AvgIpc) is 2.98. The maximum atomic E-state index is 11.8. The molecule has 5 N–H and O–H groups in total. The molecule has 2 rings (SSSR count). The van der Waals surface area contributed by atoms with E-state index in [0.29, 0.717) is 0 Å². The summed E-state index contributed by atoms with van der Waals surface area (Å²) in [5.41, 5.74) is 5.97. The fraction of sp³-hybridized carbons (Fsp3) is 0.200. The molecule has 2 atom stereocenters. The van der Waals surface area contributed by atoms with Gasteiger partial charge in [0.1, 0.15) is 0 Å². The molecule has 1 aromatic heterocycles. The number of imide groups is 1. The van der Waals surface area contributed by atoms with E-state index < -0.39 is 18.0 Å². The van der Waals surface area contributed by atoms with Gasteiger partial charge in [-0.2, -0.15) is 0 Å². The van der Waals surface area contributed by atoms with Gasteiger partial charge in [0.2, 0.25) is 0 Å². The zero-order chi connectivity index (χ0) is 15.2. The average molecular weight is 288 g/mol. The Balaban J connectivity index is 2.18. The third-order valence-electron chi connectivity index (χ3n) is 3.15. The molecular formula is C15H18N3O3+. The molecule has 2 aromatic rings. The highest BCUT2D eigenvalue weighted by Crippen LogP contribution is 2.18. The van der Waals surface area contributed by atoms with Gasteiger partial charge in [-0.1, -0.05) is 30.3 Å². The van der Waals surface area contributed by atoms with Crippen molar-refractivity contribution < 1.29 is 19.3 Å². The van der Waals surface area contributed by atoms with Crippen molar-refractivity contribution in [3.8, 4) is 0 Å². The first kappa shape index (κ1) is 14.8. The van der Waals surface area contributed by atoms with E-state index in [-0.39, 0.29) is 6.04 Å². The van der Waals surface area contributed by atoms with Crippen molar-refractivity contribution in [2.24, 2.45) is 5.73 Å². The molecule has 0 aliphatic rings. The summed E-state index contributed by atoms with van der Waals surface area (Å²) in [5.74, 6) is 0.301. The third-order valence-corrected chi connectivity index (χ3v) is 3.15. The second kappa shape index (κ2) is 6.71. The summed E-state index contributed by atoms with van der Waals surface area (Å²) in [4.78, 5) is 22.6. The van der Waals surface area contributed by atoms with Gasteiger partial charge in [-0.25, -0.2) is 4.79 Å². The normalized spacial score (nSPS) is 13.4. The molecule has 0 spiro atoms. The highest BCUT2D eigenvalue weighted by atomic mass is 16.3. The summed E-state index contributed by atoms with van der Waals surface area (Å²) in [6.45, 7) is 1.71. The Bertz CT molecular complexity index is 596. The number of amides is 3. The molecular weight excluding hydrogens is 270 g/mol. The molecule has 0 fully saturated rings. The smallest absolute Gasteiger partial charge is 0.319 e. The van der Waals surface area contributed by atoms with Gasteiger partial charge >= 0.3 is 6.03 Å². The molecule has 110 valence electrons. The largest absolute Gasteiger partial charge is 0.463 e. The molecule has 0 saturated heterocycles. The van der Waals surface area contributed by atoms with Crippen LogP contribution in [0.4, 0.5) is 4.79 Å². The summed E-state index contributed by atoms with van der Waals surface area (Å²) >= 11 is 0. The van der Waals surface area contributed by atoms with E-state index in [1.165, 1.54) is 0 Å². The molecule has 0 aliphatic carbocycles. The number of nitrogens with two attached hydrogens (primary N) is 2. The number of carbonyl (C=O) groups excluding carboxylic acids is 2. The summed E-state index contributed by atoms with van der Waals surface area (Å²) < 4.78 is 5.46. The molecule has 21 heavy (non-hydrogen) atoms. The van der Waals surface area contributed by atoms with Gasteiger partial charge in [0.05, 0.1) is 6.26 Å². The lowest BCUT2D eigenvalue weighted by atomic mass is 10.0. The zero-order valence-electron chi connectivity index (χ0n) is 11.7. The van der Waals surface area contributed by atoms with Crippen LogP contribution in [0, 0.1) is 0 Å². The van der Waals surface area contributed by atoms with Crippen LogP contribution in [0.3, 0.4) is 0 Å². The van der Waals surface area contributed by atoms with Crippen LogP contribution in [0.15, 0.2) is 53.1 Å². The van der Waals surface area contributed by atoms with E-state index in [4.69, 9.17) is 10.2 Å². The first-order valence-corrected chi connectivity index (χ1v) is 6.61. The molecule has 1 aromatic carbocycles. The SMILES string of the molecule is C[C@@H]([NH2+][C@H](c1ccccc1)c1ccco1)C(=O)NC(N)=O. The van der Waals surface area contributed by atoms with Crippen molar-refractivity contribution in [3.63, 3.8) is 0 Å². The van der Waals surface area contributed by atoms with Crippen LogP contribution >= 0.6 is 0 Å². The number of hydrogen-bond donors (Lipinski definition) is 3. The molecule has 3 amide bonds. The molecule has 1 heterocycles. The van der Waals surface area contributed by atoms with Crippen LogP contribution in [0.5, 0.6) is 0 Å². The van der Waals surface area contributed by atoms with E-state index in [9.17, 15) is 9.59 Å². The van der Waals surface area contributed by atoms with Crippen molar-refractivity contribution in [1.82, 2.24) is 5.32 Å². The number of rotatable bonds is 5. The molecule has 0 bridgehead atoms. The molecule has 0 saturated carbocycles. The Morgan fingerprint density at radius 3 is 2.48 bits per heavy atom. The van der Waals surface area contributed by atoms with Gasteiger partial charge in [0, 0.05) is 5.56 Å². The Hall–Kier alpha value is -2.60. The van der Waals surface area contributed by atoms with Crippen LogP contribution in [0.25, 0.3) is 0 Å². The maximum absolute atomic E-state index is 11.8. The van der Waals surface area contributed by atoms with Crippen molar-refractivity contribution >= 4 is 11.9 Å². The lowest BCUT2D eigenvalue weighted by Gasteiger charge is -2.18. The van der Waals surface area contributed by atoms with E-state index >= 15 is 0 Å². The standard InChI is InChI=1S/C15H17N3O3/c1-10(14(19)18-15(16)20)17-13(12-8-5-9-21-12)11-6-3-2-4-7-11/h2-10,13,17H,1H3,(H3,16,18,19,20)/p+1/t10-,13-/m1/s1. The first-order valence-electron chi connectivity index (χ1n) is 6.61.